The summed E-state index contributed by atoms with van der Waals surface area (Å²) >= 11 is 0. The number of hydrogen-bond acceptors (Lipinski definition) is 7. The molecule has 14 heteroatoms. The van der Waals surface area contributed by atoms with Crippen LogP contribution in [-0.4, -0.2) is 75.4 Å². The number of aromatic amines is 1. The molecular weight excluding hydrogens is 458 g/mol. The minimum atomic E-state index is -1.22. The number of guanidine groups is 1. The Bertz CT molecular complexity index is 871. The van der Waals surface area contributed by atoms with Crippen molar-refractivity contribution < 1.29 is 24.3 Å². The van der Waals surface area contributed by atoms with Gasteiger partial charge in [-0.15, -0.1) is 0 Å². The minimum absolute atomic E-state index is 0.0955. The number of carboxylic acids is 1. The van der Waals surface area contributed by atoms with Gasteiger partial charge in [0.15, 0.2) is 5.96 Å². The summed E-state index contributed by atoms with van der Waals surface area (Å²) in [6.07, 6.45) is 4.23. The van der Waals surface area contributed by atoms with Gasteiger partial charge in [0.1, 0.15) is 18.1 Å². The molecular formula is C21H37N9O5. The van der Waals surface area contributed by atoms with Crippen molar-refractivity contribution in [2.45, 2.75) is 70.6 Å². The molecule has 0 spiro atoms. The number of aromatic nitrogens is 2. The van der Waals surface area contributed by atoms with E-state index in [0.29, 0.717) is 18.5 Å². The lowest BCUT2D eigenvalue weighted by Gasteiger charge is -2.26. The predicted molar refractivity (Wildman–Crippen MR) is 129 cm³/mol. The highest BCUT2D eigenvalue weighted by Crippen LogP contribution is 2.09. The number of aliphatic carboxylic acids is 1. The molecule has 0 aliphatic heterocycles. The van der Waals surface area contributed by atoms with Gasteiger partial charge in [-0.3, -0.25) is 19.4 Å². The smallest absolute Gasteiger partial charge is 0.326 e. The van der Waals surface area contributed by atoms with E-state index in [1.54, 1.807) is 13.1 Å². The van der Waals surface area contributed by atoms with Gasteiger partial charge in [0.25, 0.3) is 0 Å². The molecule has 1 aromatic heterocycles. The molecule has 196 valence electrons. The van der Waals surface area contributed by atoms with Gasteiger partial charge in [0.05, 0.1) is 12.4 Å². The second-order valence-corrected chi connectivity index (χ2v) is 8.34. The van der Waals surface area contributed by atoms with Crippen molar-refractivity contribution in [2.75, 3.05) is 6.54 Å². The second-order valence-electron chi connectivity index (χ2n) is 8.34. The number of hydrogen-bond donors (Lipinski definition) is 8. The molecule has 0 saturated heterocycles. The van der Waals surface area contributed by atoms with Crippen LogP contribution in [0.3, 0.4) is 0 Å². The normalized spacial score (nSPS) is 15.1. The molecule has 0 radical (unpaired) electrons. The van der Waals surface area contributed by atoms with Crippen LogP contribution in [0.1, 0.15) is 45.7 Å². The third kappa shape index (κ3) is 10.4. The van der Waals surface area contributed by atoms with Crippen molar-refractivity contribution in [1.29, 1.82) is 0 Å². The fourth-order valence-corrected chi connectivity index (χ4v) is 3.11. The van der Waals surface area contributed by atoms with E-state index in [1.165, 1.54) is 13.3 Å². The molecule has 1 rings (SSSR count). The summed E-state index contributed by atoms with van der Waals surface area (Å²) in [6, 6.07) is -4.08. The molecule has 0 aliphatic rings. The van der Waals surface area contributed by atoms with Crippen LogP contribution >= 0.6 is 0 Å². The molecule has 0 fully saturated rings. The van der Waals surface area contributed by atoms with Crippen LogP contribution in [0.2, 0.25) is 0 Å². The van der Waals surface area contributed by atoms with Crippen LogP contribution in [0.4, 0.5) is 0 Å². The summed E-state index contributed by atoms with van der Waals surface area (Å²) in [5.74, 6) is -3.37. The highest BCUT2D eigenvalue weighted by Gasteiger charge is 2.31. The first-order valence-corrected chi connectivity index (χ1v) is 11.4. The topological polar surface area (TPSA) is 244 Å². The summed E-state index contributed by atoms with van der Waals surface area (Å²) in [6.45, 7) is 5.28. The average molecular weight is 496 g/mol. The fourth-order valence-electron chi connectivity index (χ4n) is 3.11. The predicted octanol–water partition coefficient (Wildman–Crippen LogP) is -2.06. The highest BCUT2D eigenvalue weighted by molar-refractivity contribution is 5.94. The summed E-state index contributed by atoms with van der Waals surface area (Å²) in [5, 5.41) is 17.0. The largest absolute Gasteiger partial charge is 0.480 e. The van der Waals surface area contributed by atoms with E-state index in [-0.39, 0.29) is 31.3 Å². The maximum Gasteiger partial charge on any atom is 0.326 e. The first-order chi connectivity index (χ1) is 16.5. The van der Waals surface area contributed by atoms with E-state index in [1.807, 2.05) is 6.92 Å². The Balaban J connectivity index is 2.72. The number of carbonyl (C=O) groups is 4. The number of nitrogens with zero attached hydrogens (tertiary/aromatic N) is 2. The summed E-state index contributed by atoms with van der Waals surface area (Å²) in [5.41, 5.74) is 17.1. The molecule has 0 saturated carbocycles. The Morgan fingerprint density at radius 2 is 1.80 bits per heavy atom. The van der Waals surface area contributed by atoms with Crippen LogP contribution in [-0.2, 0) is 25.6 Å². The number of nitrogens with one attached hydrogen (secondary N) is 4. The SMILES string of the molecule is CCC(C)C(NC(=O)C(N)Cc1cnc[nH]1)C(=O)NC(C)C(=O)NC(CCCN=C(N)N)C(=O)O. The molecule has 0 aliphatic carbocycles. The Kier molecular flexibility index (Phi) is 12.2. The third-order valence-corrected chi connectivity index (χ3v) is 5.44. The molecule has 1 aromatic rings. The summed E-state index contributed by atoms with van der Waals surface area (Å²) in [4.78, 5) is 60.0. The number of carbonyl (C=O) groups excluding carboxylic acids is 3. The van der Waals surface area contributed by atoms with Gasteiger partial charge in [0.2, 0.25) is 17.7 Å². The quantitative estimate of drug-likeness (QED) is 0.0756. The Hall–Kier alpha value is -3.68. The van der Waals surface area contributed by atoms with Gasteiger partial charge < -0.3 is 43.2 Å². The van der Waals surface area contributed by atoms with E-state index in [9.17, 15) is 24.3 Å². The molecule has 14 nitrogen and oxygen atoms in total. The zero-order valence-electron chi connectivity index (χ0n) is 20.3. The molecule has 5 unspecified atom stereocenters. The Labute approximate surface area is 203 Å². The third-order valence-electron chi connectivity index (χ3n) is 5.44. The number of rotatable bonds is 15. The van der Waals surface area contributed by atoms with Gasteiger partial charge in [-0.25, -0.2) is 9.78 Å². The number of nitrogens with two attached hydrogens (primary N) is 3. The van der Waals surface area contributed by atoms with Crippen LogP contribution in [0.25, 0.3) is 0 Å². The first kappa shape index (κ1) is 29.4. The van der Waals surface area contributed by atoms with Crippen molar-refractivity contribution in [3.05, 3.63) is 18.2 Å². The van der Waals surface area contributed by atoms with E-state index < -0.39 is 47.9 Å². The lowest BCUT2D eigenvalue weighted by Crippen LogP contribution is -2.58. The molecule has 3 amide bonds. The Morgan fingerprint density at radius 3 is 2.34 bits per heavy atom. The van der Waals surface area contributed by atoms with Gasteiger partial charge in [0, 0.05) is 24.9 Å². The van der Waals surface area contributed by atoms with Crippen molar-refractivity contribution in [3.8, 4) is 0 Å². The molecule has 35 heavy (non-hydrogen) atoms. The van der Waals surface area contributed by atoms with Crippen LogP contribution in [0, 0.1) is 5.92 Å². The van der Waals surface area contributed by atoms with Gasteiger partial charge in [-0.2, -0.15) is 0 Å². The fraction of sp³-hybridized carbons (Fsp3) is 0.619. The second kappa shape index (κ2) is 14.6. The number of amides is 3. The number of H-pyrrole nitrogens is 1. The number of imidazole rings is 1. The van der Waals surface area contributed by atoms with Gasteiger partial charge >= 0.3 is 5.97 Å². The lowest BCUT2D eigenvalue weighted by molar-refractivity contribution is -0.142. The zero-order valence-corrected chi connectivity index (χ0v) is 20.3. The summed E-state index contributed by atoms with van der Waals surface area (Å²) < 4.78 is 0. The first-order valence-electron chi connectivity index (χ1n) is 11.4. The van der Waals surface area contributed by atoms with Gasteiger partial charge in [-0.1, -0.05) is 20.3 Å². The monoisotopic (exact) mass is 495 g/mol. The van der Waals surface area contributed by atoms with E-state index in [0.717, 1.165) is 0 Å². The van der Waals surface area contributed by atoms with Gasteiger partial charge in [-0.05, 0) is 25.7 Å². The van der Waals surface area contributed by atoms with Crippen molar-refractivity contribution in [3.63, 3.8) is 0 Å². The van der Waals surface area contributed by atoms with E-state index >= 15 is 0 Å². The minimum Gasteiger partial charge on any atom is -0.480 e. The molecule has 1 heterocycles. The van der Waals surface area contributed by atoms with Crippen molar-refractivity contribution in [1.82, 2.24) is 25.9 Å². The van der Waals surface area contributed by atoms with Crippen LogP contribution in [0.15, 0.2) is 17.5 Å². The van der Waals surface area contributed by atoms with E-state index in [2.05, 4.69) is 30.9 Å². The zero-order chi connectivity index (χ0) is 26.5. The molecule has 0 bridgehead atoms. The van der Waals surface area contributed by atoms with E-state index in [4.69, 9.17) is 17.2 Å². The number of aliphatic imine (C=N–C) groups is 1. The average Bonchev–Trinajstić information content (AvgIpc) is 3.30. The molecule has 0 aromatic carbocycles. The van der Waals surface area contributed by atoms with Crippen molar-refractivity contribution >= 4 is 29.7 Å². The molecule has 5 atom stereocenters. The van der Waals surface area contributed by atoms with Crippen LogP contribution in [0.5, 0.6) is 0 Å². The van der Waals surface area contributed by atoms with Crippen molar-refractivity contribution in [2.24, 2.45) is 28.1 Å². The maximum atomic E-state index is 12.9. The maximum absolute atomic E-state index is 12.9. The number of carboxylic acid groups (broad SMARTS) is 1. The summed E-state index contributed by atoms with van der Waals surface area (Å²) in [7, 11) is 0. The lowest BCUT2D eigenvalue weighted by atomic mass is 9.97. The van der Waals surface area contributed by atoms with Crippen LogP contribution < -0.4 is 33.2 Å². The highest BCUT2D eigenvalue weighted by atomic mass is 16.4. The molecule has 11 N–H and O–H groups in total. The Morgan fingerprint density at radius 1 is 1.11 bits per heavy atom. The standard InChI is InChI=1S/C21H37N9O5/c1-4-11(2)16(30-18(32)14(22)8-13-9-25-10-27-13)19(33)28-12(3)17(31)29-15(20(34)35)6-5-7-26-21(23)24/h9-12,14-16H,4-8,22H2,1-3H3,(H,25,27)(H,28,33)(H,29,31)(H,30,32)(H,34,35)(H4,23,24,26).